The predicted molar refractivity (Wildman–Crippen MR) is 110 cm³/mol. The van der Waals surface area contributed by atoms with Crippen molar-refractivity contribution in [3.05, 3.63) is 81.8 Å². The summed E-state index contributed by atoms with van der Waals surface area (Å²) in [4.78, 5) is 25.1. The van der Waals surface area contributed by atoms with Gasteiger partial charge in [0.05, 0.1) is 11.3 Å². The van der Waals surface area contributed by atoms with E-state index in [9.17, 15) is 14.0 Å². The average Bonchev–Trinajstić information content (AvgIpc) is 3.17. The van der Waals surface area contributed by atoms with E-state index in [0.29, 0.717) is 18.0 Å². The van der Waals surface area contributed by atoms with Gasteiger partial charge in [-0.2, -0.15) is 0 Å². The second-order valence-corrected chi connectivity index (χ2v) is 7.35. The maximum Gasteiger partial charge on any atom is 0.262 e. The molecular formula is C22H21FN2O2S. The van der Waals surface area contributed by atoms with Crippen molar-refractivity contribution in [3.8, 4) is 11.1 Å². The minimum atomic E-state index is -0.328. The molecule has 4 nitrogen and oxygen atoms in total. The van der Waals surface area contributed by atoms with Crippen molar-refractivity contribution in [1.82, 2.24) is 10.6 Å². The lowest BCUT2D eigenvalue weighted by Gasteiger charge is -2.08. The summed E-state index contributed by atoms with van der Waals surface area (Å²) in [6, 6.07) is 15.8. The van der Waals surface area contributed by atoms with Gasteiger partial charge in [-0.3, -0.25) is 9.59 Å². The Hall–Kier alpha value is -2.99. The Balaban J connectivity index is 1.47. The zero-order valence-electron chi connectivity index (χ0n) is 15.5. The van der Waals surface area contributed by atoms with Gasteiger partial charge in [0.15, 0.2) is 0 Å². The first-order valence-electron chi connectivity index (χ1n) is 8.97. The minimum Gasteiger partial charge on any atom is -0.354 e. The van der Waals surface area contributed by atoms with Gasteiger partial charge in [0, 0.05) is 18.7 Å². The highest BCUT2D eigenvalue weighted by Gasteiger charge is 2.14. The number of hydrogen-bond donors (Lipinski definition) is 2. The fourth-order valence-electron chi connectivity index (χ4n) is 2.75. The minimum absolute atomic E-state index is 0.154. The van der Waals surface area contributed by atoms with Crippen molar-refractivity contribution in [2.45, 2.75) is 13.3 Å². The molecule has 6 heteroatoms. The second-order valence-electron chi connectivity index (χ2n) is 6.44. The number of benzene rings is 2. The van der Waals surface area contributed by atoms with Crippen LogP contribution in [-0.4, -0.2) is 24.9 Å². The van der Waals surface area contributed by atoms with Gasteiger partial charge in [-0.05, 0) is 41.6 Å². The van der Waals surface area contributed by atoms with Crippen LogP contribution in [0.3, 0.4) is 0 Å². The van der Waals surface area contributed by atoms with Gasteiger partial charge < -0.3 is 10.6 Å². The molecule has 0 fully saturated rings. The first-order valence-corrected chi connectivity index (χ1v) is 9.85. The van der Waals surface area contributed by atoms with Crippen LogP contribution in [0.5, 0.6) is 0 Å². The van der Waals surface area contributed by atoms with Crippen LogP contribution in [0.15, 0.2) is 60.0 Å². The SMILES string of the molecule is Cc1ccc(-c2ccsc2C(=O)NCCNC(=O)Cc2ccc(F)cc2)cc1. The number of amides is 2. The number of thiophene rings is 1. The van der Waals surface area contributed by atoms with Crippen molar-refractivity contribution >= 4 is 23.2 Å². The maximum atomic E-state index is 12.9. The van der Waals surface area contributed by atoms with E-state index >= 15 is 0 Å². The van der Waals surface area contributed by atoms with E-state index in [-0.39, 0.29) is 24.1 Å². The molecule has 1 aromatic heterocycles. The standard InChI is InChI=1S/C22H21FN2O2S/c1-15-2-6-17(7-3-15)19-10-13-28-21(19)22(27)25-12-11-24-20(26)14-16-4-8-18(23)9-5-16/h2-10,13H,11-12,14H2,1H3,(H,24,26)(H,25,27). The van der Waals surface area contributed by atoms with Crippen LogP contribution < -0.4 is 10.6 Å². The Morgan fingerprint density at radius 3 is 2.32 bits per heavy atom. The third-order valence-electron chi connectivity index (χ3n) is 4.24. The van der Waals surface area contributed by atoms with E-state index in [1.54, 1.807) is 12.1 Å². The molecule has 0 radical (unpaired) electrons. The summed E-state index contributed by atoms with van der Waals surface area (Å²) in [7, 11) is 0. The highest BCUT2D eigenvalue weighted by atomic mass is 32.1. The van der Waals surface area contributed by atoms with Gasteiger partial charge in [0.1, 0.15) is 5.82 Å². The molecule has 0 atom stereocenters. The monoisotopic (exact) mass is 396 g/mol. The van der Waals surface area contributed by atoms with E-state index in [2.05, 4.69) is 10.6 Å². The molecule has 3 aromatic rings. The molecule has 0 aliphatic carbocycles. The normalized spacial score (nSPS) is 10.5. The summed E-state index contributed by atoms with van der Waals surface area (Å²) in [6.45, 7) is 2.69. The van der Waals surface area contributed by atoms with Gasteiger partial charge in [-0.1, -0.05) is 42.0 Å². The first-order chi connectivity index (χ1) is 13.5. The Morgan fingerprint density at radius 1 is 0.929 bits per heavy atom. The number of nitrogens with one attached hydrogen (secondary N) is 2. The lowest BCUT2D eigenvalue weighted by Crippen LogP contribution is -2.35. The Morgan fingerprint density at radius 2 is 1.61 bits per heavy atom. The highest BCUT2D eigenvalue weighted by molar-refractivity contribution is 7.12. The van der Waals surface area contributed by atoms with Crippen molar-refractivity contribution in [2.24, 2.45) is 0 Å². The van der Waals surface area contributed by atoms with E-state index in [4.69, 9.17) is 0 Å². The van der Waals surface area contributed by atoms with Crippen LogP contribution in [0.1, 0.15) is 20.8 Å². The molecule has 144 valence electrons. The molecule has 2 N–H and O–H groups in total. The Labute approximate surface area is 167 Å². The van der Waals surface area contributed by atoms with Gasteiger partial charge in [0.2, 0.25) is 5.91 Å². The van der Waals surface area contributed by atoms with E-state index < -0.39 is 0 Å². The lowest BCUT2D eigenvalue weighted by atomic mass is 10.0. The Bertz CT molecular complexity index is 949. The molecule has 0 saturated heterocycles. The quantitative estimate of drug-likeness (QED) is 0.594. The summed E-state index contributed by atoms with van der Waals surface area (Å²) >= 11 is 1.39. The van der Waals surface area contributed by atoms with Crippen LogP contribution in [0.4, 0.5) is 4.39 Å². The third kappa shape index (κ3) is 5.27. The summed E-state index contributed by atoms with van der Waals surface area (Å²) in [6.07, 6.45) is 0.177. The molecule has 0 saturated carbocycles. The number of carbonyl (C=O) groups is 2. The van der Waals surface area contributed by atoms with Crippen molar-refractivity contribution in [1.29, 1.82) is 0 Å². The molecule has 2 aromatic carbocycles. The summed E-state index contributed by atoms with van der Waals surface area (Å²) in [5, 5.41) is 7.49. The smallest absolute Gasteiger partial charge is 0.262 e. The van der Waals surface area contributed by atoms with Crippen LogP contribution in [0.25, 0.3) is 11.1 Å². The topological polar surface area (TPSA) is 58.2 Å². The van der Waals surface area contributed by atoms with E-state index in [1.165, 1.54) is 29.0 Å². The molecule has 1 heterocycles. The zero-order chi connectivity index (χ0) is 19.9. The van der Waals surface area contributed by atoms with Crippen molar-refractivity contribution in [3.63, 3.8) is 0 Å². The molecule has 0 unspecified atom stereocenters. The summed E-state index contributed by atoms with van der Waals surface area (Å²) < 4.78 is 12.9. The zero-order valence-corrected chi connectivity index (χ0v) is 16.3. The average molecular weight is 396 g/mol. The third-order valence-corrected chi connectivity index (χ3v) is 5.16. The molecule has 0 spiro atoms. The molecule has 0 aliphatic heterocycles. The molecular weight excluding hydrogens is 375 g/mol. The second kappa shape index (κ2) is 9.28. The fourth-order valence-corrected chi connectivity index (χ4v) is 3.59. The van der Waals surface area contributed by atoms with Crippen LogP contribution >= 0.6 is 11.3 Å². The summed E-state index contributed by atoms with van der Waals surface area (Å²) in [5.41, 5.74) is 3.82. The first kappa shape index (κ1) is 19.8. The van der Waals surface area contributed by atoms with Gasteiger partial charge in [0.25, 0.3) is 5.91 Å². The van der Waals surface area contributed by atoms with Gasteiger partial charge >= 0.3 is 0 Å². The molecule has 28 heavy (non-hydrogen) atoms. The van der Waals surface area contributed by atoms with E-state index in [0.717, 1.165) is 16.7 Å². The number of rotatable bonds is 7. The van der Waals surface area contributed by atoms with Crippen LogP contribution in [-0.2, 0) is 11.2 Å². The van der Waals surface area contributed by atoms with Gasteiger partial charge in [-0.15, -0.1) is 11.3 Å². The summed E-state index contributed by atoms with van der Waals surface area (Å²) in [5.74, 6) is -0.652. The fraction of sp³-hybridized carbons (Fsp3) is 0.182. The molecule has 2 amide bonds. The van der Waals surface area contributed by atoms with E-state index in [1.807, 2.05) is 42.6 Å². The van der Waals surface area contributed by atoms with Gasteiger partial charge in [-0.25, -0.2) is 4.39 Å². The number of carbonyl (C=O) groups excluding carboxylic acids is 2. The lowest BCUT2D eigenvalue weighted by molar-refractivity contribution is -0.120. The number of halogens is 1. The number of hydrogen-bond acceptors (Lipinski definition) is 3. The molecule has 0 bridgehead atoms. The molecule has 0 aliphatic rings. The van der Waals surface area contributed by atoms with Crippen molar-refractivity contribution < 1.29 is 14.0 Å². The van der Waals surface area contributed by atoms with Crippen LogP contribution in [0, 0.1) is 12.7 Å². The van der Waals surface area contributed by atoms with Crippen molar-refractivity contribution in [2.75, 3.05) is 13.1 Å². The predicted octanol–water partition coefficient (Wildman–Crippen LogP) is 3.95. The highest BCUT2D eigenvalue weighted by Crippen LogP contribution is 2.28. The number of aryl methyl sites for hydroxylation is 1. The Kier molecular flexibility index (Phi) is 6.55. The maximum absolute atomic E-state index is 12.9. The largest absolute Gasteiger partial charge is 0.354 e. The van der Waals surface area contributed by atoms with Crippen LogP contribution in [0.2, 0.25) is 0 Å². The molecule has 3 rings (SSSR count).